The van der Waals surface area contributed by atoms with Crippen molar-refractivity contribution in [2.45, 2.75) is 44.3 Å². The number of anilines is 1. The summed E-state index contributed by atoms with van der Waals surface area (Å²) in [6, 6.07) is 8.29. The normalized spacial score (nSPS) is 19.4. The van der Waals surface area contributed by atoms with E-state index in [4.69, 9.17) is 0 Å². The van der Waals surface area contributed by atoms with Gasteiger partial charge in [0, 0.05) is 35.8 Å². The van der Waals surface area contributed by atoms with E-state index >= 15 is 0 Å². The number of hydrogen-bond donors (Lipinski definition) is 1. The fourth-order valence-corrected chi connectivity index (χ4v) is 2.62. The smallest absolute Gasteiger partial charge is 0.0377 e. The Labute approximate surface area is 112 Å². The molecule has 0 amide bonds. The van der Waals surface area contributed by atoms with Crippen LogP contribution in [0.1, 0.15) is 31.2 Å². The zero-order valence-electron chi connectivity index (χ0n) is 10.2. The van der Waals surface area contributed by atoms with Gasteiger partial charge in [-0.2, -0.15) is 0 Å². The van der Waals surface area contributed by atoms with Gasteiger partial charge in [-0.15, -0.1) is 0 Å². The molecule has 0 saturated heterocycles. The Hall–Kier alpha value is -0.540. The molecular formula is C14H19BrN2. The summed E-state index contributed by atoms with van der Waals surface area (Å²) in [6.07, 6.45) is 5.39. The fraction of sp³-hybridized carbons (Fsp3) is 0.571. The molecule has 17 heavy (non-hydrogen) atoms. The van der Waals surface area contributed by atoms with Crippen LogP contribution in [0.25, 0.3) is 0 Å². The molecule has 2 nitrogen and oxygen atoms in total. The Morgan fingerprint density at radius 2 is 2.06 bits per heavy atom. The van der Waals surface area contributed by atoms with Crippen molar-refractivity contribution in [1.29, 1.82) is 0 Å². The highest BCUT2D eigenvalue weighted by atomic mass is 79.9. The largest absolute Gasteiger partial charge is 0.372 e. The van der Waals surface area contributed by atoms with Crippen LogP contribution in [-0.4, -0.2) is 19.1 Å². The Morgan fingerprint density at radius 3 is 2.65 bits per heavy atom. The molecule has 3 heteroatoms. The van der Waals surface area contributed by atoms with Crippen LogP contribution in [-0.2, 0) is 6.54 Å². The molecule has 0 aromatic heterocycles. The van der Waals surface area contributed by atoms with E-state index < -0.39 is 0 Å². The van der Waals surface area contributed by atoms with E-state index in [0.29, 0.717) is 0 Å². The van der Waals surface area contributed by atoms with Crippen LogP contribution in [0.4, 0.5) is 5.69 Å². The molecule has 2 saturated carbocycles. The van der Waals surface area contributed by atoms with Gasteiger partial charge in [0.25, 0.3) is 0 Å². The van der Waals surface area contributed by atoms with Crippen molar-refractivity contribution in [2.75, 3.05) is 11.9 Å². The highest BCUT2D eigenvalue weighted by molar-refractivity contribution is 9.10. The van der Waals surface area contributed by atoms with E-state index in [0.717, 1.165) is 18.6 Å². The summed E-state index contributed by atoms with van der Waals surface area (Å²) in [5.74, 6) is 0. The van der Waals surface area contributed by atoms with Crippen molar-refractivity contribution in [2.24, 2.45) is 0 Å². The lowest BCUT2D eigenvalue weighted by molar-refractivity contribution is 0.686. The van der Waals surface area contributed by atoms with Crippen molar-refractivity contribution in [3.8, 4) is 0 Å². The lowest BCUT2D eigenvalue weighted by Crippen LogP contribution is -2.20. The molecular weight excluding hydrogens is 276 g/mol. The van der Waals surface area contributed by atoms with E-state index in [1.807, 2.05) is 0 Å². The maximum absolute atomic E-state index is 3.69. The summed E-state index contributed by atoms with van der Waals surface area (Å²) in [4.78, 5) is 2.39. The van der Waals surface area contributed by atoms with Crippen molar-refractivity contribution in [3.05, 3.63) is 28.2 Å². The first kappa shape index (κ1) is 11.5. The van der Waals surface area contributed by atoms with E-state index in [1.54, 1.807) is 0 Å². The van der Waals surface area contributed by atoms with Gasteiger partial charge in [-0.3, -0.25) is 0 Å². The number of halogens is 1. The molecule has 0 aliphatic heterocycles. The van der Waals surface area contributed by atoms with Crippen molar-refractivity contribution < 1.29 is 0 Å². The van der Waals surface area contributed by atoms with Gasteiger partial charge in [0.05, 0.1) is 0 Å². The van der Waals surface area contributed by atoms with Crippen molar-refractivity contribution >= 4 is 21.6 Å². The summed E-state index contributed by atoms with van der Waals surface area (Å²) in [5.41, 5.74) is 2.69. The summed E-state index contributed by atoms with van der Waals surface area (Å²) < 4.78 is 1.23. The minimum absolute atomic E-state index is 0.774. The number of nitrogens with zero attached hydrogens (tertiary/aromatic N) is 1. The van der Waals surface area contributed by atoms with Gasteiger partial charge < -0.3 is 10.2 Å². The van der Waals surface area contributed by atoms with Crippen molar-refractivity contribution in [3.63, 3.8) is 0 Å². The highest BCUT2D eigenvalue weighted by Gasteiger charge is 2.26. The van der Waals surface area contributed by atoms with Gasteiger partial charge in [0.2, 0.25) is 0 Å². The molecule has 0 unspecified atom stereocenters. The van der Waals surface area contributed by atoms with Gasteiger partial charge in [-0.05, 0) is 43.4 Å². The third kappa shape index (κ3) is 2.83. The van der Waals surface area contributed by atoms with Gasteiger partial charge in [0.1, 0.15) is 0 Å². The average Bonchev–Trinajstić information content (AvgIpc) is 3.16. The molecule has 2 aliphatic carbocycles. The Morgan fingerprint density at radius 1 is 1.29 bits per heavy atom. The van der Waals surface area contributed by atoms with Crippen LogP contribution >= 0.6 is 15.9 Å². The molecule has 0 bridgehead atoms. The quantitative estimate of drug-likeness (QED) is 0.896. The van der Waals surface area contributed by atoms with E-state index in [9.17, 15) is 0 Å². The first-order valence-corrected chi connectivity index (χ1v) is 7.28. The van der Waals surface area contributed by atoms with Crippen LogP contribution in [0.2, 0.25) is 0 Å². The molecule has 92 valence electrons. The predicted octanol–water partition coefficient (Wildman–Crippen LogP) is 3.30. The van der Waals surface area contributed by atoms with Gasteiger partial charge in [-0.1, -0.05) is 22.0 Å². The summed E-state index contributed by atoms with van der Waals surface area (Å²) in [7, 11) is 2.20. The van der Waals surface area contributed by atoms with E-state index in [1.165, 1.54) is 41.4 Å². The number of rotatable bonds is 5. The Kier molecular flexibility index (Phi) is 3.14. The Bertz CT molecular complexity index is 411. The number of nitrogens with one attached hydrogen (secondary N) is 1. The summed E-state index contributed by atoms with van der Waals surface area (Å²) in [6.45, 7) is 0.985. The van der Waals surface area contributed by atoms with Crippen LogP contribution in [0, 0.1) is 0 Å². The van der Waals surface area contributed by atoms with Crippen LogP contribution in [0.15, 0.2) is 22.7 Å². The third-order valence-electron chi connectivity index (χ3n) is 3.70. The Balaban J connectivity index is 1.68. The molecule has 0 spiro atoms. The second-order valence-electron chi connectivity index (χ2n) is 5.27. The molecule has 1 aromatic carbocycles. The molecule has 2 aliphatic rings. The van der Waals surface area contributed by atoms with Crippen molar-refractivity contribution in [1.82, 2.24) is 5.32 Å². The van der Waals surface area contributed by atoms with Crippen LogP contribution in [0.3, 0.4) is 0 Å². The number of benzene rings is 1. The van der Waals surface area contributed by atoms with E-state index in [2.05, 4.69) is 51.4 Å². The molecule has 0 atom stereocenters. The third-order valence-corrected chi connectivity index (χ3v) is 4.44. The summed E-state index contributed by atoms with van der Waals surface area (Å²) >= 11 is 3.69. The zero-order chi connectivity index (χ0) is 11.8. The lowest BCUT2D eigenvalue weighted by atomic mass is 10.2. The SMILES string of the molecule is CN(c1ccc(CNC2CC2)c(Br)c1)C1CC1. The molecule has 0 radical (unpaired) electrons. The number of hydrogen-bond acceptors (Lipinski definition) is 2. The minimum atomic E-state index is 0.774. The summed E-state index contributed by atoms with van der Waals surface area (Å²) in [5, 5.41) is 3.55. The first-order valence-electron chi connectivity index (χ1n) is 6.48. The van der Waals surface area contributed by atoms with Gasteiger partial charge in [0.15, 0.2) is 0 Å². The molecule has 2 fully saturated rings. The van der Waals surface area contributed by atoms with Crippen LogP contribution in [0.5, 0.6) is 0 Å². The second-order valence-corrected chi connectivity index (χ2v) is 6.13. The van der Waals surface area contributed by atoms with Gasteiger partial charge >= 0.3 is 0 Å². The molecule has 3 rings (SSSR count). The van der Waals surface area contributed by atoms with E-state index in [-0.39, 0.29) is 0 Å². The maximum Gasteiger partial charge on any atom is 0.0377 e. The zero-order valence-corrected chi connectivity index (χ0v) is 11.8. The fourth-order valence-electron chi connectivity index (χ4n) is 2.11. The molecule has 1 N–H and O–H groups in total. The average molecular weight is 295 g/mol. The highest BCUT2D eigenvalue weighted by Crippen LogP contribution is 2.32. The first-order chi connectivity index (χ1) is 8.24. The second kappa shape index (κ2) is 4.62. The standard InChI is InChI=1S/C14H19BrN2/c1-17(12-6-7-12)13-5-2-10(14(15)8-13)9-16-11-3-4-11/h2,5,8,11-12,16H,3-4,6-7,9H2,1H3. The lowest BCUT2D eigenvalue weighted by Gasteiger charge is -2.19. The topological polar surface area (TPSA) is 15.3 Å². The predicted molar refractivity (Wildman–Crippen MR) is 75.4 cm³/mol. The molecule has 1 aromatic rings. The van der Waals surface area contributed by atoms with Gasteiger partial charge in [-0.25, -0.2) is 0 Å². The van der Waals surface area contributed by atoms with Crippen LogP contribution < -0.4 is 10.2 Å². The maximum atomic E-state index is 3.69. The monoisotopic (exact) mass is 294 g/mol. The molecule has 0 heterocycles. The minimum Gasteiger partial charge on any atom is -0.372 e.